The molecule has 0 amide bonds. The van der Waals surface area contributed by atoms with E-state index >= 15 is 0 Å². The van der Waals surface area contributed by atoms with E-state index in [4.69, 9.17) is 20.9 Å². The summed E-state index contributed by atoms with van der Waals surface area (Å²) in [7, 11) is 0. The van der Waals surface area contributed by atoms with Crippen molar-refractivity contribution in [2.45, 2.75) is 44.2 Å². The van der Waals surface area contributed by atoms with Gasteiger partial charge >= 0.3 is 17.6 Å². The first-order valence-electron chi connectivity index (χ1n) is 7.54. The molecule has 1 aliphatic heterocycles. The molecular formula is C14H20F2N4O5. The zero-order valence-electron chi connectivity index (χ0n) is 13.6. The molecule has 0 unspecified atom stereocenters. The average molecular weight is 362 g/mol. The maximum atomic E-state index is 14.7. The lowest BCUT2D eigenvalue weighted by Crippen LogP contribution is -2.48. The van der Waals surface area contributed by atoms with E-state index in [-0.39, 0.29) is 11.7 Å². The van der Waals surface area contributed by atoms with E-state index in [1.54, 1.807) is 13.8 Å². The van der Waals surface area contributed by atoms with Crippen LogP contribution in [0.3, 0.4) is 0 Å². The van der Waals surface area contributed by atoms with E-state index in [2.05, 4.69) is 4.98 Å². The summed E-state index contributed by atoms with van der Waals surface area (Å²) in [5.74, 6) is -5.34. The fourth-order valence-corrected chi connectivity index (χ4v) is 2.34. The number of ether oxygens (including phenoxy) is 2. The molecule has 0 saturated carbocycles. The molecule has 4 atom stereocenters. The molecule has 9 nitrogen and oxygen atoms in total. The number of alkyl halides is 2. The number of anilines is 1. The lowest BCUT2D eigenvalue weighted by atomic mass is 10.1. The summed E-state index contributed by atoms with van der Waals surface area (Å²) >= 11 is 0. The number of nitrogens with zero attached hydrogens (tertiary/aromatic N) is 2. The number of esters is 1. The van der Waals surface area contributed by atoms with Crippen LogP contribution >= 0.6 is 0 Å². The van der Waals surface area contributed by atoms with Crippen LogP contribution in [0.2, 0.25) is 0 Å². The van der Waals surface area contributed by atoms with Crippen LogP contribution in [-0.2, 0) is 14.3 Å². The van der Waals surface area contributed by atoms with Gasteiger partial charge in [-0.05, 0) is 12.0 Å². The van der Waals surface area contributed by atoms with Crippen molar-refractivity contribution < 1.29 is 28.2 Å². The maximum Gasteiger partial charge on any atom is 0.351 e. The molecule has 1 aromatic heterocycles. The van der Waals surface area contributed by atoms with Crippen LogP contribution < -0.4 is 17.2 Å². The Balaban J connectivity index is 2.32. The van der Waals surface area contributed by atoms with Crippen LogP contribution in [-0.4, -0.2) is 51.4 Å². The fraction of sp³-hybridized carbons (Fsp3) is 0.643. The third-order valence-electron chi connectivity index (χ3n) is 3.87. The van der Waals surface area contributed by atoms with Crippen LogP contribution in [0.15, 0.2) is 17.1 Å². The number of aliphatic hydroxyl groups excluding tert-OH is 1. The molecule has 5 N–H and O–H groups in total. The molecule has 0 spiro atoms. The zero-order chi connectivity index (χ0) is 18.9. The van der Waals surface area contributed by atoms with Crippen LogP contribution in [0.4, 0.5) is 14.6 Å². The van der Waals surface area contributed by atoms with Crippen LogP contribution in [0.1, 0.15) is 20.1 Å². The first-order valence-corrected chi connectivity index (χ1v) is 7.54. The first-order chi connectivity index (χ1) is 11.6. The van der Waals surface area contributed by atoms with Gasteiger partial charge in [-0.3, -0.25) is 9.36 Å². The Morgan fingerprint density at radius 1 is 1.56 bits per heavy atom. The van der Waals surface area contributed by atoms with Crippen LogP contribution in [0, 0.1) is 5.92 Å². The maximum absolute atomic E-state index is 14.7. The molecule has 0 radical (unpaired) electrons. The summed E-state index contributed by atoms with van der Waals surface area (Å²) in [6, 6.07) is 0.0260. The molecule has 140 valence electrons. The van der Waals surface area contributed by atoms with E-state index in [9.17, 15) is 23.5 Å². The minimum atomic E-state index is -3.80. The number of hydrogen-bond donors (Lipinski definition) is 3. The quantitative estimate of drug-likeness (QED) is 0.581. The highest BCUT2D eigenvalue weighted by Gasteiger charge is 2.62. The van der Waals surface area contributed by atoms with Gasteiger partial charge < -0.3 is 26.0 Å². The number of halogens is 2. The Hall–Kier alpha value is -2.11. The minimum Gasteiger partial charge on any atom is -0.452 e. The van der Waals surface area contributed by atoms with Gasteiger partial charge in [-0.25, -0.2) is 4.79 Å². The summed E-state index contributed by atoms with van der Waals surface area (Å²) in [6.45, 7) is 2.40. The second kappa shape index (κ2) is 7.02. The second-order valence-corrected chi connectivity index (χ2v) is 6.05. The Kier molecular flexibility index (Phi) is 5.40. The van der Waals surface area contributed by atoms with Gasteiger partial charge in [0.15, 0.2) is 6.10 Å². The molecule has 0 aliphatic carbocycles. The van der Waals surface area contributed by atoms with Gasteiger partial charge in [0, 0.05) is 6.20 Å². The summed E-state index contributed by atoms with van der Waals surface area (Å²) in [4.78, 5) is 27.1. The summed E-state index contributed by atoms with van der Waals surface area (Å²) in [5, 5.41) is 9.30. The smallest absolute Gasteiger partial charge is 0.351 e. The van der Waals surface area contributed by atoms with Crippen molar-refractivity contribution in [1.82, 2.24) is 9.55 Å². The van der Waals surface area contributed by atoms with Crippen LogP contribution in [0.5, 0.6) is 0 Å². The van der Waals surface area contributed by atoms with Crippen molar-refractivity contribution in [1.29, 1.82) is 0 Å². The Labute approximate surface area is 141 Å². The minimum absolute atomic E-state index is 0.146. The summed E-state index contributed by atoms with van der Waals surface area (Å²) in [6.07, 6.45) is -4.77. The van der Waals surface area contributed by atoms with E-state index in [0.717, 1.165) is 12.3 Å². The van der Waals surface area contributed by atoms with Gasteiger partial charge in [-0.1, -0.05) is 13.8 Å². The number of rotatable bonds is 5. The van der Waals surface area contributed by atoms with Gasteiger partial charge in [0.05, 0.1) is 6.61 Å². The number of carbonyl (C=O) groups is 1. The molecule has 1 aromatic rings. The summed E-state index contributed by atoms with van der Waals surface area (Å²) in [5.41, 5.74) is 9.86. The van der Waals surface area contributed by atoms with Crippen molar-refractivity contribution in [2.75, 3.05) is 12.3 Å². The molecule has 11 heteroatoms. The summed E-state index contributed by atoms with van der Waals surface area (Å²) < 4.78 is 39.8. The predicted molar refractivity (Wildman–Crippen MR) is 81.5 cm³/mol. The van der Waals surface area contributed by atoms with Gasteiger partial charge in [0.1, 0.15) is 18.0 Å². The number of carbonyl (C=O) groups excluding carboxylic acids is 1. The Morgan fingerprint density at radius 3 is 2.72 bits per heavy atom. The molecule has 25 heavy (non-hydrogen) atoms. The Bertz CT molecular complexity index is 696. The van der Waals surface area contributed by atoms with Gasteiger partial charge in [0.2, 0.25) is 6.23 Å². The van der Waals surface area contributed by atoms with E-state index in [1.807, 2.05) is 0 Å². The predicted octanol–water partition coefficient (Wildman–Crippen LogP) is -0.754. The standard InChI is InChI=1S/C14H20F2N4O5/c1-6(2)9(18)11(22)25-10-7(5-21)24-12(14(10,15)16)20-4-3-8(17)19-13(20)23/h3-4,6-7,9-10,12,21H,5,18H2,1-2H3,(H2,17,19,23)/t7-,9+,10-,12-/m1/s1. The molecule has 1 saturated heterocycles. The monoisotopic (exact) mass is 362 g/mol. The van der Waals surface area contributed by atoms with Crippen molar-refractivity contribution in [3.8, 4) is 0 Å². The molecule has 1 fully saturated rings. The second-order valence-electron chi connectivity index (χ2n) is 6.05. The lowest BCUT2D eigenvalue weighted by molar-refractivity contribution is -0.178. The number of aromatic nitrogens is 2. The largest absolute Gasteiger partial charge is 0.452 e. The van der Waals surface area contributed by atoms with Gasteiger partial charge in [-0.15, -0.1) is 0 Å². The molecule has 0 aromatic carbocycles. The third-order valence-corrected chi connectivity index (χ3v) is 3.87. The van der Waals surface area contributed by atoms with E-state index < -0.39 is 48.7 Å². The number of nitrogens with two attached hydrogens (primary N) is 2. The number of hydrogen-bond acceptors (Lipinski definition) is 8. The highest BCUT2D eigenvalue weighted by molar-refractivity contribution is 5.76. The van der Waals surface area contributed by atoms with Crippen molar-refractivity contribution >= 4 is 11.8 Å². The van der Waals surface area contributed by atoms with Crippen molar-refractivity contribution in [3.05, 3.63) is 22.7 Å². The first kappa shape index (κ1) is 19.2. The highest BCUT2D eigenvalue weighted by atomic mass is 19.3. The molecule has 2 rings (SSSR count). The lowest BCUT2D eigenvalue weighted by Gasteiger charge is -2.25. The third kappa shape index (κ3) is 3.62. The molecule has 2 heterocycles. The molecule has 0 bridgehead atoms. The fourth-order valence-electron chi connectivity index (χ4n) is 2.34. The number of aliphatic hydroxyl groups is 1. The topological polar surface area (TPSA) is 143 Å². The van der Waals surface area contributed by atoms with E-state index in [1.165, 1.54) is 0 Å². The highest BCUT2D eigenvalue weighted by Crippen LogP contribution is 2.43. The van der Waals surface area contributed by atoms with Crippen molar-refractivity contribution in [3.63, 3.8) is 0 Å². The number of nitrogen functional groups attached to an aromatic ring is 1. The SMILES string of the molecule is CC(C)[C@H](N)C(=O)O[C@@H]1[C@@H](CO)O[C@@H](n2ccc(N)nc2=O)C1(F)F. The van der Waals surface area contributed by atoms with Gasteiger partial charge in [0.25, 0.3) is 0 Å². The average Bonchev–Trinajstić information content (AvgIpc) is 2.77. The molecule has 1 aliphatic rings. The zero-order valence-corrected chi connectivity index (χ0v) is 13.6. The van der Waals surface area contributed by atoms with E-state index in [0.29, 0.717) is 4.57 Å². The molecular weight excluding hydrogens is 342 g/mol. The van der Waals surface area contributed by atoms with Gasteiger partial charge in [-0.2, -0.15) is 13.8 Å². The van der Waals surface area contributed by atoms with Crippen LogP contribution in [0.25, 0.3) is 0 Å². The normalized spacial score (nSPS) is 26.6. The van der Waals surface area contributed by atoms with Crippen molar-refractivity contribution in [2.24, 2.45) is 11.7 Å². The Morgan fingerprint density at radius 2 is 2.20 bits per heavy atom.